The van der Waals surface area contributed by atoms with Crippen molar-refractivity contribution >= 4 is 17.9 Å². The summed E-state index contributed by atoms with van der Waals surface area (Å²) < 4.78 is 5.04. The van der Waals surface area contributed by atoms with E-state index < -0.39 is 0 Å². The van der Waals surface area contributed by atoms with Crippen LogP contribution in [0.4, 0.5) is 0 Å². The van der Waals surface area contributed by atoms with Crippen LogP contribution in [-0.2, 0) is 4.79 Å². The number of phenolic OH excluding ortho intramolecular Hbond substituents is 1. The fourth-order valence-corrected chi connectivity index (χ4v) is 2.20. The van der Waals surface area contributed by atoms with E-state index in [0.717, 1.165) is 11.1 Å². The van der Waals surface area contributed by atoms with Gasteiger partial charge in [0.1, 0.15) is 0 Å². The van der Waals surface area contributed by atoms with Crippen molar-refractivity contribution in [3.8, 4) is 11.5 Å². The predicted molar refractivity (Wildman–Crippen MR) is 98.3 cm³/mol. The molecule has 0 fully saturated rings. The van der Waals surface area contributed by atoms with E-state index in [9.17, 15) is 9.90 Å². The third-order valence-corrected chi connectivity index (χ3v) is 3.69. The minimum atomic E-state index is -0.102. The number of ketones is 1. The Labute approximate surface area is 142 Å². The molecule has 0 aromatic heterocycles. The van der Waals surface area contributed by atoms with Crippen LogP contribution in [0.15, 0.2) is 54.6 Å². The first-order chi connectivity index (χ1) is 11.5. The lowest BCUT2D eigenvalue weighted by Gasteiger charge is -2.04. The highest BCUT2D eigenvalue weighted by atomic mass is 16.5. The second-order valence-electron chi connectivity index (χ2n) is 5.82. The zero-order valence-corrected chi connectivity index (χ0v) is 14.2. The summed E-state index contributed by atoms with van der Waals surface area (Å²) >= 11 is 0. The Hall–Kier alpha value is -2.81. The quantitative estimate of drug-likeness (QED) is 0.776. The van der Waals surface area contributed by atoms with E-state index in [0.29, 0.717) is 11.7 Å². The summed E-state index contributed by atoms with van der Waals surface area (Å²) in [7, 11) is 1.49. The Morgan fingerprint density at radius 1 is 1.00 bits per heavy atom. The van der Waals surface area contributed by atoms with E-state index in [2.05, 4.69) is 26.0 Å². The van der Waals surface area contributed by atoms with Crippen LogP contribution in [0.5, 0.6) is 11.5 Å². The average Bonchev–Trinajstić information content (AvgIpc) is 2.59. The minimum absolute atomic E-state index is 0.0747. The predicted octanol–water partition coefficient (Wildman–Crippen LogP) is 4.82. The molecule has 3 heteroatoms. The lowest BCUT2D eigenvalue weighted by atomic mass is 10.0. The Kier molecular flexibility index (Phi) is 5.96. The first-order valence-electron chi connectivity index (χ1n) is 7.86. The van der Waals surface area contributed by atoms with Crippen molar-refractivity contribution in [3.05, 3.63) is 71.3 Å². The highest BCUT2D eigenvalue weighted by Crippen LogP contribution is 2.26. The van der Waals surface area contributed by atoms with E-state index in [-0.39, 0.29) is 11.5 Å². The van der Waals surface area contributed by atoms with Crippen LogP contribution >= 0.6 is 0 Å². The second kappa shape index (κ2) is 8.16. The van der Waals surface area contributed by atoms with E-state index in [1.165, 1.54) is 24.8 Å². The highest BCUT2D eigenvalue weighted by Gasteiger charge is 2.01. The molecule has 0 saturated carbocycles. The molecule has 2 aromatic rings. The van der Waals surface area contributed by atoms with Gasteiger partial charge in [-0.15, -0.1) is 0 Å². The molecule has 24 heavy (non-hydrogen) atoms. The Morgan fingerprint density at radius 2 is 1.58 bits per heavy atom. The molecular formula is C21H22O3. The Balaban J connectivity index is 2.01. The van der Waals surface area contributed by atoms with Gasteiger partial charge in [0, 0.05) is 0 Å². The van der Waals surface area contributed by atoms with Crippen molar-refractivity contribution in [1.82, 2.24) is 0 Å². The minimum Gasteiger partial charge on any atom is -0.504 e. The van der Waals surface area contributed by atoms with Gasteiger partial charge in [0.25, 0.3) is 0 Å². The number of allylic oxidation sites excluding steroid dienone is 2. The molecule has 0 aliphatic heterocycles. The number of hydrogen-bond donors (Lipinski definition) is 1. The number of rotatable bonds is 6. The number of carbonyl (C=O) groups is 1. The molecule has 0 aliphatic rings. The second-order valence-corrected chi connectivity index (χ2v) is 5.82. The molecule has 0 bridgehead atoms. The number of ether oxygens (including phenoxy) is 1. The van der Waals surface area contributed by atoms with E-state index in [1.54, 1.807) is 30.4 Å². The molecule has 0 saturated heterocycles. The Morgan fingerprint density at radius 3 is 2.17 bits per heavy atom. The van der Waals surface area contributed by atoms with Crippen LogP contribution in [0.1, 0.15) is 36.5 Å². The van der Waals surface area contributed by atoms with Crippen molar-refractivity contribution < 1.29 is 14.6 Å². The van der Waals surface area contributed by atoms with Gasteiger partial charge in [-0.2, -0.15) is 0 Å². The summed E-state index contributed by atoms with van der Waals surface area (Å²) in [4.78, 5) is 11.9. The monoisotopic (exact) mass is 322 g/mol. The van der Waals surface area contributed by atoms with Crippen LogP contribution < -0.4 is 4.74 Å². The number of hydrogen-bond acceptors (Lipinski definition) is 3. The maximum absolute atomic E-state index is 11.9. The summed E-state index contributed by atoms with van der Waals surface area (Å²) in [5, 5.41) is 9.55. The van der Waals surface area contributed by atoms with Gasteiger partial charge < -0.3 is 9.84 Å². The van der Waals surface area contributed by atoms with Crippen LogP contribution in [0.25, 0.3) is 12.2 Å². The summed E-state index contributed by atoms with van der Waals surface area (Å²) in [6.07, 6.45) is 6.52. The van der Waals surface area contributed by atoms with Crippen molar-refractivity contribution in [2.75, 3.05) is 7.11 Å². The first kappa shape index (κ1) is 17.5. The topological polar surface area (TPSA) is 46.5 Å². The van der Waals surface area contributed by atoms with Crippen molar-refractivity contribution in [3.63, 3.8) is 0 Å². The van der Waals surface area contributed by atoms with Gasteiger partial charge in [0.05, 0.1) is 7.11 Å². The van der Waals surface area contributed by atoms with Crippen LogP contribution in [0.3, 0.4) is 0 Å². The molecule has 0 aliphatic carbocycles. The first-order valence-corrected chi connectivity index (χ1v) is 7.86. The molecule has 124 valence electrons. The largest absolute Gasteiger partial charge is 0.504 e. The van der Waals surface area contributed by atoms with E-state index in [1.807, 2.05) is 12.1 Å². The average molecular weight is 322 g/mol. The number of aromatic hydroxyl groups is 1. The maximum Gasteiger partial charge on any atom is 0.178 e. The number of benzene rings is 2. The zero-order valence-electron chi connectivity index (χ0n) is 14.2. The van der Waals surface area contributed by atoms with Gasteiger partial charge in [0.2, 0.25) is 0 Å². The summed E-state index contributed by atoms with van der Waals surface area (Å²) in [6.45, 7) is 4.30. The van der Waals surface area contributed by atoms with Gasteiger partial charge in [-0.25, -0.2) is 0 Å². The number of methoxy groups -OCH3 is 1. The third-order valence-electron chi connectivity index (χ3n) is 3.69. The maximum atomic E-state index is 11.9. The molecule has 0 unspecified atom stereocenters. The SMILES string of the molecule is COc1cc(/C=C/C(=O)/C=C/c2ccc(C(C)C)cc2)ccc1O. The highest BCUT2D eigenvalue weighted by molar-refractivity contribution is 6.04. The molecule has 2 rings (SSSR count). The Bertz CT molecular complexity index is 753. The lowest BCUT2D eigenvalue weighted by molar-refractivity contribution is -0.110. The van der Waals surface area contributed by atoms with Gasteiger partial charge >= 0.3 is 0 Å². The smallest absolute Gasteiger partial charge is 0.178 e. The molecule has 1 N–H and O–H groups in total. The van der Waals surface area contributed by atoms with E-state index in [4.69, 9.17) is 4.74 Å². The summed E-state index contributed by atoms with van der Waals surface area (Å²) in [6, 6.07) is 13.1. The fourth-order valence-electron chi connectivity index (χ4n) is 2.20. The standard InChI is InChI=1S/C21H22O3/c1-15(2)18-9-4-16(5-10-18)6-11-19(22)12-7-17-8-13-20(23)21(14-17)24-3/h4-15,23H,1-3H3/b11-6+,12-7+. The van der Waals surface area contributed by atoms with Gasteiger partial charge in [-0.3, -0.25) is 4.79 Å². The van der Waals surface area contributed by atoms with Crippen LogP contribution in [0.2, 0.25) is 0 Å². The van der Waals surface area contributed by atoms with Gasteiger partial charge in [-0.1, -0.05) is 56.3 Å². The van der Waals surface area contributed by atoms with Gasteiger partial charge in [0.15, 0.2) is 17.3 Å². The normalized spacial score (nSPS) is 11.5. The molecular weight excluding hydrogens is 300 g/mol. The van der Waals surface area contributed by atoms with Crippen molar-refractivity contribution in [1.29, 1.82) is 0 Å². The molecule has 0 atom stereocenters. The van der Waals surface area contributed by atoms with E-state index >= 15 is 0 Å². The van der Waals surface area contributed by atoms with Crippen molar-refractivity contribution in [2.45, 2.75) is 19.8 Å². The van der Waals surface area contributed by atoms with Crippen LogP contribution in [-0.4, -0.2) is 18.0 Å². The fraction of sp³-hybridized carbons (Fsp3) is 0.190. The number of carbonyl (C=O) groups excluding carboxylic acids is 1. The third kappa shape index (κ3) is 4.85. The lowest BCUT2D eigenvalue weighted by Crippen LogP contribution is -1.88. The molecule has 0 radical (unpaired) electrons. The summed E-state index contributed by atoms with van der Waals surface area (Å²) in [5.74, 6) is 0.848. The van der Waals surface area contributed by atoms with Crippen LogP contribution in [0, 0.1) is 0 Å². The zero-order chi connectivity index (χ0) is 17.5. The van der Waals surface area contributed by atoms with Gasteiger partial charge in [-0.05, 0) is 46.9 Å². The molecule has 3 nitrogen and oxygen atoms in total. The molecule has 0 spiro atoms. The number of phenols is 1. The molecule has 0 amide bonds. The summed E-state index contributed by atoms with van der Waals surface area (Å²) in [5.41, 5.74) is 3.06. The molecule has 2 aromatic carbocycles. The van der Waals surface area contributed by atoms with Crippen molar-refractivity contribution in [2.24, 2.45) is 0 Å². The molecule has 0 heterocycles.